The highest BCUT2D eigenvalue weighted by Crippen LogP contribution is 2.16. The zero-order valence-electron chi connectivity index (χ0n) is 8.24. The minimum Gasteiger partial charge on any atom is -0.303 e. The first-order chi connectivity index (χ1) is 6.03. The SMILES string of the molecule is Cc1ccnc(CC(C)(C)C=O)n1. The first kappa shape index (κ1) is 9.84. The molecule has 0 aromatic carbocycles. The van der Waals surface area contributed by atoms with E-state index >= 15 is 0 Å². The summed E-state index contributed by atoms with van der Waals surface area (Å²) in [4.78, 5) is 19.0. The van der Waals surface area contributed by atoms with Crippen molar-refractivity contribution in [2.24, 2.45) is 5.41 Å². The van der Waals surface area contributed by atoms with Crippen molar-refractivity contribution in [1.29, 1.82) is 0 Å². The van der Waals surface area contributed by atoms with Crippen LogP contribution >= 0.6 is 0 Å². The van der Waals surface area contributed by atoms with Crippen LogP contribution in [0.25, 0.3) is 0 Å². The van der Waals surface area contributed by atoms with E-state index in [1.807, 2.05) is 26.8 Å². The molecule has 1 aromatic heterocycles. The highest BCUT2D eigenvalue weighted by molar-refractivity contribution is 5.58. The van der Waals surface area contributed by atoms with Gasteiger partial charge in [0.2, 0.25) is 0 Å². The van der Waals surface area contributed by atoms with Crippen LogP contribution in [0.3, 0.4) is 0 Å². The van der Waals surface area contributed by atoms with Gasteiger partial charge in [0, 0.05) is 23.7 Å². The Hall–Kier alpha value is -1.25. The molecular weight excluding hydrogens is 164 g/mol. The molecule has 3 heteroatoms. The summed E-state index contributed by atoms with van der Waals surface area (Å²) in [6.45, 7) is 5.68. The summed E-state index contributed by atoms with van der Waals surface area (Å²) in [6.07, 6.45) is 3.26. The van der Waals surface area contributed by atoms with Crippen molar-refractivity contribution < 1.29 is 4.79 Å². The molecule has 0 unspecified atom stereocenters. The van der Waals surface area contributed by atoms with Gasteiger partial charge in [0.15, 0.2) is 0 Å². The highest BCUT2D eigenvalue weighted by atomic mass is 16.1. The second-order valence-electron chi connectivity index (χ2n) is 3.90. The third-order valence-electron chi connectivity index (χ3n) is 1.78. The van der Waals surface area contributed by atoms with Crippen LogP contribution in [0.4, 0.5) is 0 Å². The number of aldehydes is 1. The molecule has 70 valence electrons. The zero-order valence-corrected chi connectivity index (χ0v) is 8.24. The number of hydrogen-bond acceptors (Lipinski definition) is 3. The van der Waals surface area contributed by atoms with E-state index in [1.54, 1.807) is 6.20 Å². The zero-order chi connectivity index (χ0) is 9.90. The molecule has 0 saturated carbocycles. The molecule has 0 atom stereocenters. The number of carbonyl (C=O) groups is 1. The normalized spacial score (nSPS) is 11.3. The van der Waals surface area contributed by atoms with Crippen molar-refractivity contribution in [1.82, 2.24) is 9.97 Å². The molecule has 0 spiro atoms. The van der Waals surface area contributed by atoms with Crippen molar-refractivity contribution in [3.05, 3.63) is 23.8 Å². The molecule has 1 aromatic rings. The molecule has 0 aliphatic heterocycles. The third-order valence-corrected chi connectivity index (χ3v) is 1.78. The third kappa shape index (κ3) is 2.93. The largest absolute Gasteiger partial charge is 0.303 e. The van der Waals surface area contributed by atoms with Crippen molar-refractivity contribution >= 4 is 6.29 Å². The quantitative estimate of drug-likeness (QED) is 0.659. The van der Waals surface area contributed by atoms with E-state index in [-0.39, 0.29) is 5.41 Å². The van der Waals surface area contributed by atoms with Gasteiger partial charge in [-0.05, 0) is 13.0 Å². The highest BCUT2D eigenvalue weighted by Gasteiger charge is 2.18. The Morgan fingerprint density at radius 1 is 1.54 bits per heavy atom. The van der Waals surface area contributed by atoms with Gasteiger partial charge in [0.05, 0.1) is 0 Å². The summed E-state index contributed by atoms with van der Waals surface area (Å²) in [6, 6.07) is 1.84. The fourth-order valence-electron chi connectivity index (χ4n) is 1.04. The maximum atomic E-state index is 10.7. The molecule has 1 rings (SSSR count). The Morgan fingerprint density at radius 3 is 2.77 bits per heavy atom. The standard InChI is InChI=1S/C10H14N2O/c1-8-4-5-11-9(12-8)6-10(2,3)7-13/h4-5,7H,6H2,1-3H3. The lowest BCUT2D eigenvalue weighted by Gasteiger charge is -2.14. The van der Waals surface area contributed by atoms with Crippen LogP contribution in [0.5, 0.6) is 0 Å². The second kappa shape index (κ2) is 3.64. The Morgan fingerprint density at radius 2 is 2.23 bits per heavy atom. The van der Waals surface area contributed by atoms with E-state index in [1.165, 1.54) is 0 Å². The molecule has 0 N–H and O–H groups in total. The van der Waals surface area contributed by atoms with Gasteiger partial charge >= 0.3 is 0 Å². The minimum absolute atomic E-state index is 0.367. The number of nitrogens with zero attached hydrogens (tertiary/aromatic N) is 2. The summed E-state index contributed by atoms with van der Waals surface area (Å²) in [7, 11) is 0. The Kier molecular flexibility index (Phi) is 2.76. The van der Waals surface area contributed by atoms with Crippen LogP contribution in [0.2, 0.25) is 0 Å². The van der Waals surface area contributed by atoms with E-state index in [0.29, 0.717) is 6.42 Å². The van der Waals surface area contributed by atoms with Gasteiger partial charge in [0.25, 0.3) is 0 Å². The second-order valence-corrected chi connectivity index (χ2v) is 3.90. The van der Waals surface area contributed by atoms with Crippen molar-refractivity contribution in [2.75, 3.05) is 0 Å². The number of hydrogen-bond donors (Lipinski definition) is 0. The molecule has 13 heavy (non-hydrogen) atoms. The fourth-order valence-corrected chi connectivity index (χ4v) is 1.04. The molecule has 0 saturated heterocycles. The molecule has 0 aliphatic carbocycles. The van der Waals surface area contributed by atoms with Crippen LogP contribution in [-0.4, -0.2) is 16.3 Å². The molecule has 3 nitrogen and oxygen atoms in total. The fraction of sp³-hybridized carbons (Fsp3) is 0.500. The topological polar surface area (TPSA) is 42.9 Å². The summed E-state index contributed by atoms with van der Waals surface area (Å²) in [5.41, 5.74) is 0.569. The predicted molar refractivity (Wildman–Crippen MR) is 50.3 cm³/mol. The Balaban J connectivity index is 2.80. The maximum absolute atomic E-state index is 10.7. The smallest absolute Gasteiger partial charge is 0.129 e. The minimum atomic E-state index is -0.367. The van der Waals surface area contributed by atoms with Crippen LogP contribution in [0.15, 0.2) is 12.3 Å². The molecule has 0 bridgehead atoms. The van der Waals surface area contributed by atoms with Crippen molar-refractivity contribution in [2.45, 2.75) is 27.2 Å². The number of aryl methyl sites for hydroxylation is 1. The monoisotopic (exact) mass is 178 g/mol. The van der Waals surface area contributed by atoms with Crippen molar-refractivity contribution in [3.63, 3.8) is 0 Å². The van der Waals surface area contributed by atoms with Gasteiger partial charge in [-0.15, -0.1) is 0 Å². The summed E-state index contributed by atoms with van der Waals surface area (Å²) in [5.74, 6) is 0.733. The predicted octanol–water partition coefficient (Wildman–Crippen LogP) is 1.55. The summed E-state index contributed by atoms with van der Waals surface area (Å²) < 4.78 is 0. The van der Waals surface area contributed by atoms with E-state index in [4.69, 9.17) is 0 Å². The number of aromatic nitrogens is 2. The maximum Gasteiger partial charge on any atom is 0.129 e. The Labute approximate surface area is 78.2 Å². The van der Waals surface area contributed by atoms with Gasteiger partial charge in [-0.2, -0.15) is 0 Å². The average molecular weight is 178 g/mol. The van der Waals surface area contributed by atoms with Crippen LogP contribution in [0.1, 0.15) is 25.4 Å². The molecule has 0 fully saturated rings. The van der Waals surface area contributed by atoms with Gasteiger partial charge in [-0.25, -0.2) is 9.97 Å². The average Bonchev–Trinajstić information content (AvgIpc) is 2.03. The lowest BCUT2D eigenvalue weighted by molar-refractivity contribution is -0.114. The first-order valence-electron chi connectivity index (χ1n) is 4.28. The van der Waals surface area contributed by atoms with E-state index < -0.39 is 0 Å². The van der Waals surface area contributed by atoms with E-state index in [2.05, 4.69) is 9.97 Å². The Bertz CT molecular complexity index is 308. The lowest BCUT2D eigenvalue weighted by atomic mass is 9.91. The first-order valence-corrected chi connectivity index (χ1v) is 4.28. The van der Waals surface area contributed by atoms with Crippen LogP contribution < -0.4 is 0 Å². The number of rotatable bonds is 3. The summed E-state index contributed by atoms with van der Waals surface area (Å²) >= 11 is 0. The lowest BCUT2D eigenvalue weighted by Crippen LogP contribution is -2.18. The molecule has 1 heterocycles. The molecule has 0 radical (unpaired) electrons. The molecular formula is C10H14N2O. The molecule has 0 amide bonds. The van der Waals surface area contributed by atoms with Gasteiger partial charge in [0.1, 0.15) is 12.1 Å². The van der Waals surface area contributed by atoms with Gasteiger partial charge < -0.3 is 4.79 Å². The van der Waals surface area contributed by atoms with Gasteiger partial charge in [-0.3, -0.25) is 0 Å². The van der Waals surface area contributed by atoms with Crippen LogP contribution in [-0.2, 0) is 11.2 Å². The number of carbonyl (C=O) groups excluding carboxylic acids is 1. The summed E-state index contributed by atoms with van der Waals surface area (Å²) in [5, 5.41) is 0. The van der Waals surface area contributed by atoms with E-state index in [9.17, 15) is 4.79 Å². The van der Waals surface area contributed by atoms with Gasteiger partial charge in [-0.1, -0.05) is 13.8 Å². The molecule has 0 aliphatic rings. The van der Waals surface area contributed by atoms with Crippen LogP contribution in [0, 0.1) is 12.3 Å². The van der Waals surface area contributed by atoms with E-state index in [0.717, 1.165) is 17.8 Å². The van der Waals surface area contributed by atoms with Crippen molar-refractivity contribution in [3.8, 4) is 0 Å².